The molecule has 34 heavy (non-hydrogen) atoms. The minimum Gasteiger partial charge on any atom is -0.436 e. The lowest BCUT2D eigenvalue weighted by molar-refractivity contribution is 0.0463. The summed E-state index contributed by atoms with van der Waals surface area (Å²) >= 11 is 0. The van der Waals surface area contributed by atoms with Crippen LogP contribution in [0.3, 0.4) is 0 Å². The van der Waals surface area contributed by atoms with Gasteiger partial charge >= 0.3 is 0 Å². The Morgan fingerprint density at radius 1 is 0.912 bits per heavy atom. The SMILES string of the molecule is CN1C2CCCC1CC(NC(=O)c1cccc3oc(-c4ccccc4-c4ccccc4)nc13)C2. The quantitative estimate of drug-likeness (QED) is 0.419. The highest BCUT2D eigenvalue weighted by molar-refractivity contribution is 6.05. The zero-order valence-corrected chi connectivity index (χ0v) is 19.4. The topological polar surface area (TPSA) is 58.4 Å². The second-order valence-electron chi connectivity index (χ2n) is 9.63. The van der Waals surface area contributed by atoms with Crippen molar-refractivity contribution in [2.24, 2.45) is 0 Å². The van der Waals surface area contributed by atoms with Crippen LogP contribution in [0.15, 0.2) is 77.2 Å². The average Bonchev–Trinajstić information content (AvgIpc) is 3.29. The first-order valence-corrected chi connectivity index (χ1v) is 12.2. The van der Waals surface area contributed by atoms with Crippen LogP contribution in [0.5, 0.6) is 0 Å². The highest BCUT2D eigenvalue weighted by Gasteiger charge is 2.36. The first kappa shape index (κ1) is 21.1. The first-order chi connectivity index (χ1) is 16.7. The summed E-state index contributed by atoms with van der Waals surface area (Å²) in [5.41, 5.74) is 4.90. The van der Waals surface area contributed by atoms with E-state index < -0.39 is 0 Å². The molecule has 2 atom stereocenters. The number of amides is 1. The molecule has 0 aliphatic carbocycles. The molecule has 2 bridgehead atoms. The number of rotatable bonds is 4. The zero-order chi connectivity index (χ0) is 23.1. The van der Waals surface area contributed by atoms with Gasteiger partial charge in [-0.1, -0.05) is 61.0 Å². The van der Waals surface area contributed by atoms with Gasteiger partial charge in [-0.3, -0.25) is 4.79 Å². The van der Waals surface area contributed by atoms with Crippen molar-refractivity contribution in [1.29, 1.82) is 0 Å². The van der Waals surface area contributed by atoms with E-state index in [1.165, 1.54) is 19.3 Å². The summed E-state index contributed by atoms with van der Waals surface area (Å²) in [6.07, 6.45) is 5.78. The van der Waals surface area contributed by atoms with Gasteiger partial charge in [-0.05, 0) is 62.1 Å². The fourth-order valence-corrected chi connectivity index (χ4v) is 5.78. The lowest BCUT2D eigenvalue weighted by atomic mass is 9.82. The van der Waals surface area contributed by atoms with Crippen molar-refractivity contribution in [2.75, 3.05) is 7.05 Å². The number of para-hydroxylation sites is 1. The zero-order valence-electron chi connectivity index (χ0n) is 19.4. The number of nitrogens with zero attached hydrogens (tertiary/aromatic N) is 2. The van der Waals surface area contributed by atoms with Crippen LogP contribution in [0.1, 0.15) is 42.5 Å². The maximum Gasteiger partial charge on any atom is 0.253 e. The molecule has 5 nitrogen and oxygen atoms in total. The summed E-state index contributed by atoms with van der Waals surface area (Å²) in [6, 6.07) is 25.3. The normalized spacial score (nSPS) is 22.6. The molecule has 5 heteroatoms. The predicted octanol–water partition coefficient (Wildman–Crippen LogP) is 5.91. The molecule has 3 heterocycles. The number of hydrogen-bond donors (Lipinski definition) is 1. The van der Waals surface area contributed by atoms with E-state index in [1.54, 1.807) is 0 Å². The van der Waals surface area contributed by atoms with Crippen molar-refractivity contribution in [1.82, 2.24) is 15.2 Å². The molecule has 2 fully saturated rings. The molecular weight excluding hydrogens is 422 g/mol. The molecule has 1 N–H and O–H groups in total. The third kappa shape index (κ3) is 3.80. The van der Waals surface area contributed by atoms with Crippen molar-refractivity contribution in [3.63, 3.8) is 0 Å². The molecule has 0 saturated carbocycles. The lowest BCUT2D eigenvalue weighted by Crippen LogP contribution is -2.55. The van der Waals surface area contributed by atoms with Gasteiger partial charge in [0.2, 0.25) is 5.89 Å². The fraction of sp³-hybridized carbons (Fsp3) is 0.310. The number of carbonyl (C=O) groups excluding carboxylic acids is 1. The number of hydrogen-bond acceptors (Lipinski definition) is 4. The Morgan fingerprint density at radius 3 is 2.38 bits per heavy atom. The van der Waals surface area contributed by atoms with Gasteiger partial charge in [0.15, 0.2) is 5.58 Å². The van der Waals surface area contributed by atoms with Crippen LogP contribution in [0.4, 0.5) is 0 Å². The number of carbonyl (C=O) groups is 1. The van der Waals surface area contributed by atoms with Crippen molar-refractivity contribution >= 4 is 17.0 Å². The van der Waals surface area contributed by atoms with Crippen molar-refractivity contribution in [3.8, 4) is 22.6 Å². The number of piperidine rings is 2. The second kappa shape index (κ2) is 8.73. The molecule has 2 aliphatic rings. The molecule has 6 rings (SSSR count). The Labute approximate surface area is 199 Å². The molecule has 0 radical (unpaired) electrons. The van der Waals surface area contributed by atoms with Crippen molar-refractivity contribution in [2.45, 2.75) is 50.2 Å². The van der Waals surface area contributed by atoms with E-state index >= 15 is 0 Å². The van der Waals surface area contributed by atoms with Crippen LogP contribution in [0.2, 0.25) is 0 Å². The Kier molecular flexibility index (Phi) is 5.42. The van der Waals surface area contributed by atoms with Gasteiger partial charge in [0.1, 0.15) is 5.52 Å². The van der Waals surface area contributed by atoms with Crippen molar-refractivity contribution in [3.05, 3.63) is 78.4 Å². The van der Waals surface area contributed by atoms with Gasteiger partial charge < -0.3 is 14.6 Å². The third-order valence-electron chi connectivity index (χ3n) is 7.58. The smallest absolute Gasteiger partial charge is 0.253 e. The Hall–Kier alpha value is -3.44. The summed E-state index contributed by atoms with van der Waals surface area (Å²) in [7, 11) is 2.23. The van der Waals surface area contributed by atoms with E-state index in [0.717, 1.165) is 29.5 Å². The molecule has 3 aromatic carbocycles. The van der Waals surface area contributed by atoms with Crippen LogP contribution >= 0.6 is 0 Å². The molecule has 2 aliphatic heterocycles. The van der Waals surface area contributed by atoms with Gasteiger partial charge in [0, 0.05) is 23.7 Å². The van der Waals surface area contributed by atoms with E-state index in [1.807, 2.05) is 54.6 Å². The predicted molar refractivity (Wildman–Crippen MR) is 135 cm³/mol. The number of oxazole rings is 1. The lowest BCUT2D eigenvalue weighted by Gasteiger charge is -2.47. The van der Waals surface area contributed by atoms with E-state index in [-0.39, 0.29) is 11.9 Å². The van der Waals surface area contributed by atoms with E-state index in [0.29, 0.717) is 34.6 Å². The van der Waals surface area contributed by atoms with Crippen LogP contribution < -0.4 is 5.32 Å². The Morgan fingerprint density at radius 2 is 1.62 bits per heavy atom. The standard InChI is InChI=1S/C29H29N3O2/c1-32-21-11-7-12-22(32)18-20(17-21)30-28(33)25-15-8-16-26-27(25)31-29(34-26)24-14-6-5-13-23(24)19-9-3-2-4-10-19/h2-6,8-10,13-16,20-22H,7,11-12,17-18H2,1H3,(H,30,33). The molecule has 1 aromatic heterocycles. The molecule has 1 amide bonds. The molecular formula is C29H29N3O2. The van der Waals surface area contributed by atoms with E-state index in [9.17, 15) is 4.79 Å². The maximum atomic E-state index is 13.4. The van der Waals surface area contributed by atoms with Gasteiger partial charge in [-0.2, -0.15) is 0 Å². The van der Waals surface area contributed by atoms with E-state index in [4.69, 9.17) is 9.40 Å². The summed E-state index contributed by atoms with van der Waals surface area (Å²) in [6.45, 7) is 0. The van der Waals surface area contributed by atoms with Gasteiger partial charge in [0.25, 0.3) is 5.91 Å². The maximum absolute atomic E-state index is 13.4. The largest absolute Gasteiger partial charge is 0.436 e. The average molecular weight is 452 g/mol. The molecule has 172 valence electrons. The second-order valence-corrected chi connectivity index (χ2v) is 9.63. The van der Waals surface area contributed by atoms with Gasteiger partial charge in [-0.15, -0.1) is 0 Å². The number of benzene rings is 3. The van der Waals surface area contributed by atoms with Crippen LogP contribution in [-0.4, -0.2) is 41.0 Å². The van der Waals surface area contributed by atoms with Crippen LogP contribution in [0, 0.1) is 0 Å². The summed E-state index contributed by atoms with van der Waals surface area (Å²) in [4.78, 5) is 20.7. The highest BCUT2D eigenvalue weighted by atomic mass is 16.3. The Balaban J connectivity index is 1.31. The highest BCUT2D eigenvalue weighted by Crippen LogP contribution is 2.35. The molecule has 0 spiro atoms. The number of fused-ring (bicyclic) bond motifs is 3. The van der Waals surface area contributed by atoms with Gasteiger partial charge in [0.05, 0.1) is 5.56 Å². The summed E-state index contributed by atoms with van der Waals surface area (Å²) in [5, 5.41) is 3.32. The first-order valence-electron chi connectivity index (χ1n) is 12.2. The van der Waals surface area contributed by atoms with E-state index in [2.05, 4.69) is 35.5 Å². The molecule has 2 unspecified atom stereocenters. The summed E-state index contributed by atoms with van der Waals surface area (Å²) in [5.74, 6) is 0.470. The summed E-state index contributed by atoms with van der Waals surface area (Å²) < 4.78 is 6.17. The minimum atomic E-state index is -0.0607. The van der Waals surface area contributed by atoms with Crippen LogP contribution in [-0.2, 0) is 0 Å². The minimum absolute atomic E-state index is 0.0607. The fourth-order valence-electron chi connectivity index (χ4n) is 5.78. The molecule has 4 aromatic rings. The third-order valence-corrected chi connectivity index (χ3v) is 7.58. The monoisotopic (exact) mass is 451 g/mol. The van der Waals surface area contributed by atoms with Crippen molar-refractivity contribution < 1.29 is 9.21 Å². The Bertz CT molecular complexity index is 1320. The van der Waals surface area contributed by atoms with Crippen LogP contribution in [0.25, 0.3) is 33.7 Å². The number of aromatic nitrogens is 1. The number of nitrogens with one attached hydrogen (secondary N) is 1. The molecule has 2 saturated heterocycles. The van der Waals surface area contributed by atoms with Gasteiger partial charge in [-0.25, -0.2) is 4.98 Å².